The summed E-state index contributed by atoms with van der Waals surface area (Å²) < 4.78 is 12.4. The second kappa shape index (κ2) is 17.4. The van der Waals surface area contributed by atoms with Gasteiger partial charge in [0, 0.05) is 12.8 Å². The highest BCUT2D eigenvalue weighted by molar-refractivity contribution is 7.38. The molecule has 0 aliphatic carbocycles. The third-order valence-electron chi connectivity index (χ3n) is 6.49. The van der Waals surface area contributed by atoms with E-state index in [0.717, 1.165) is 19.3 Å². The summed E-state index contributed by atoms with van der Waals surface area (Å²) in [6.07, 6.45) is 25.8. The molecule has 2 atom stereocenters. The van der Waals surface area contributed by atoms with Crippen LogP contribution in [0.4, 0.5) is 0 Å². The lowest BCUT2D eigenvalue weighted by molar-refractivity contribution is -0.910. The third-order valence-corrected chi connectivity index (χ3v) is 8.31. The molecule has 0 radical (unpaired) electrons. The molecular weight excluding hydrogens is 377 g/mol. The van der Waals surface area contributed by atoms with Gasteiger partial charge >= 0.3 is 8.03 Å². The summed E-state index contributed by atoms with van der Waals surface area (Å²) in [5.41, 5.74) is 0. The predicted octanol–water partition coefficient (Wildman–Crippen LogP) is 7.72. The second-order valence-electron chi connectivity index (χ2n) is 9.65. The van der Waals surface area contributed by atoms with E-state index in [2.05, 4.69) is 19.1 Å². The first-order valence-electron chi connectivity index (χ1n) is 12.4. The van der Waals surface area contributed by atoms with Gasteiger partial charge in [0.1, 0.15) is 0 Å². The van der Waals surface area contributed by atoms with Crippen LogP contribution in [0.15, 0.2) is 12.2 Å². The molecule has 172 valence electrons. The van der Waals surface area contributed by atoms with Crippen LogP contribution in [0, 0.1) is 0 Å². The van der Waals surface area contributed by atoms with Crippen molar-refractivity contribution in [3.63, 3.8) is 0 Å². The van der Waals surface area contributed by atoms with Gasteiger partial charge in [0.15, 0.2) is 0 Å². The van der Waals surface area contributed by atoms with E-state index in [0.29, 0.717) is 10.9 Å². The summed E-state index contributed by atoms with van der Waals surface area (Å²) in [4.78, 5) is 11.9. The molecule has 0 bridgehead atoms. The van der Waals surface area contributed by atoms with Crippen molar-refractivity contribution < 1.29 is 13.9 Å². The van der Waals surface area contributed by atoms with Crippen molar-refractivity contribution in [3.8, 4) is 0 Å². The summed E-state index contributed by atoms with van der Waals surface area (Å²) in [6, 6.07) is 0. The largest absolute Gasteiger partial charge is 0.590 e. The van der Waals surface area contributed by atoms with Crippen LogP contribution >= 0.6 is 8.03 Å². The zero-order valence-corrected chi connectivity index (χ0v) is 21.3. The van der Waals surface area contributed by atoms with Crippen LogP contribution < -0.4 is 4.89 Å². The minimum atomic E-state index is -2.43. The van der Waals surface area contributed by atoms with Gasteiger partial charge in [-0.3, -0.25) is 4.48 Å². The van der Waals surface area contributed by atoms with E-state index in [9.17, 15) is 9.46 Å². The second-order valence-corrected chi connectivity index (χ2v) is 11.0. The number of unbranched alkanes of at least 4 members (excludes halogenated alkanes) is 13. The maximum Gasteiger partial charge on any atom is 0.376 e. The predicted molar refractivity (Wildman–Crippen MR) is 127 cm³/mol. The molecule has 0 aromatic rings. The quantitative estimate of drug-likeness (QED) is 0.0861. The van der Waals surface area contributed by atoms with Gasteiger partial charge in [0.25, 0.3) is 5.28 Å². The molecule has 29 heavy (non-hydrogen) atoms. The number of rotatable bonds is 20. The average molecular weight is 429 g/mol. The molecule has 4 heteroatoms. The average Bonchev–Trinajstić information content (AvgIpc) is 2.66. The first-order chi connectivity index (χ1) is 13.8. The molecule has 0 aromatic carbocycles. The van der Waals surface area contributed by atoms with Gasteiger partial charge in [0.2, 0.25) is 0 Å². The molecule has 0 N–H and O–H groups in total. The number of quaternary nitrogens is 1. The minimum Gasteiger partial charge on any atom is -0.590 e. The summed E-state index contributed by atoms with van der Waals surface area (Å²) in [5.74, 6) is 0. The van der Waals surface area contributed by atoms with Gasteiger partial charge in [-0.05, 0) is 25.7 Å². The minimum absolute atomic E-state index is 0.491. The lowest BCUT2D eigenvalue weighted by Crippen LogP contribution is -2.55. The van der Waals surface area contributed by atoms with E-state index in [-0.39, 0.29) is 0 Å². The van der Waals surface area contributed by atoms with Crippen LogP contribution in [0.5, 0.6) is 0 Å². The molecule has 0 spiro atoms. The SMILES string of the molecule is CCCCCCCCCCCCCC/C=C\CCCC(CC)([P+](=O)[O-])[N+](C)(C)C. The highest BCUT2D eigenvalue weighted by Crippen LogP contribution is 2.44. The highest BCUT2D eigenvalue weighted by Gasteiger charge is 2.52. The number of hydrogen-bond acceptors (Lipinski definition) is 2. The molecule has 0 heterocycles. The Morgan fingerprint density at radius 2 is 1.14 bits per heavy atom. The first-order valence-corrected chi connectivity index (χ1v) is 13.6. The summed E-state index contributed by atoms with van der Waals surface area (Å²) in [5, 5.41) is -0.626. The van der Waals surface area contributed by atoms with E-state index in [1.165, 1.54) is 83.5 Å². The molecule has 3 nitrogen and oxygen atoms in total. The van der Waals surface area contributed by atoms with Gasteiger partial charge in [-0.2, -0.15) is 0 Å². The van der Waals surface area contributed by atoms with Crippen LogP contribution in [0.25, 0.3) is 0 Å². The standard InChI is InChI=1S/C25H51NO2P/c1-6-8-9-10-11-12-13-14-15-16-17-18-19-20-21-22-23-24-25(7-2,29(27)28)26(3,4)5/h20-21H,6-19,22-24H2,1-5H3/q+1/b21-20-. The third kappa shape index (κ3) is 12.9. The van der Waals surface area contributed by atoms with Gasteiger partial charge in [0.05, 0.1) is 21.1 Å². The molecule has 0 aliphatic heterocycles. The molecule has 0 rings (SSSR count). The van der Waals surface area contributed by atoms with Crippen molar-refractivity contribution in [2.45, 2.75) is 128 Å². The van der Waals surface area contributed by atoms with E-state index in [4.69, 9.17) is 0 Å². The van der Waals surface area contributed by atoms with Crippen molar-refractivity contribution in [1.82, 2.24) is 0 Å². The van der Waals surface area contributed by atoms with Crippen LogP contribution in [0.1, 0.15) is 123 Å². The van der Waals surface area contributed by atoms with Crippen molar-refractivity contribution >= 4 is 8.03 Å². The van der Waals surface area contributed by atoms with E-state index in [1.54, 1.807) is 0 Å². The molecule has 0 aromatic heterocycles. The summed E-state index contributed by atoms with van der Waals surface area (Å²) in [6.45, 7) is 4.28. The fraction of sp³-hybridized carbons (Fsp3) is 0.920. The van der Waals surface area contributed by atoms with Crippen molar-refractivity contribution in [3.05, 3.63) is 12.2 Å². The fourth-order valence-electron chi connectivity index (χ4n) is 4.29. The van der Waals surface area contributed by atoms with Gasteiger partial charge in [-0.1, -0.05) is 101 Å². The van der Waals surface area contributed by atoms with Crippen LogP contribution in [0.2, 0.25) is 0 Å². The molecule has 0 aliphatic rings. The zero-order valence-electron chi connectivity index (χ0n) is 20.4. The Kier molecular flexibility index (Phi) is 17.3. The number of allylic oxidation sites excluding steroid dienone is 2. The van der Waals surface area contributed by atoms with Crippen LogP contribution in [-0.4, -0.2) is 30.9 Å². The Balaban J connectivity index is 3.65. The Labute approximate surface area is 183 Å². The van der Waals surface area contributed by atoms with Crippen LogP contribution in [-0.2, 0) is 4.57 Å². The Bertz CT molecular complexity index is 431. The Hall–Kier alpha value is -0.240. The van der Waals surface area contributed by atoms with Gasteiger partial charge < -0.3 is 4.89 Å². The lowest BCUT2D eigenvalue weighted by Gasteiger charge is -2.39. The van der Waals surface area contributed by atoms with Crippen LogP contribution in [0.3, 0.4) is 0 Å². The Morgan fingerprint density at radius 3 is 1.52 bits per heavy atom. The van der Waals surface area contributed by atoms with Gasteiger partial charge in [-0.25, -0.2) is 0 Å². The first kappa shape index (κ1) is 28.8. The van der Waals surface area contributed by atoms with E-state index >= 15 is 0 Å². The molecule has 0 amide bonds. The van der Waals surface area contributed by atoms with Crippen molar-refractivity contribution in [2.24, 2.45) is 0 Å². The molecule has 0 saturated heterocycles. The van der Waals surface area contributed by atoms with Crippen molar-refractivity contribution in [1.29, 1.82) is 0 Å². The normalized spacial score (nSPS) is 15.0. The maximum atomic E-state index is 11.9. The number of hydrogen-bond donors (Lipinski definition) is 0. The fourth-order valence-corrected chi connectivity index (χ4v) is 5.38. The molecular formula is C25H51NO2P+. The molecule has 0 fully saturated rings. The van der Waals surface area contributed by atoms with E-state index in [1.807, 2.05) is 28.1 Å². The van der Waals surface area contributed by atoms with E-state index < -0.39 is 13.3 Å². The molecule has 2 unspecified atom stereocenters. The monoisotopic (exact) mass is 428 g/mol. The Morgan fingerprint density at radius 1 is 0.724 bits per heavy atom. The van der Waals surface area contributed by atoms with Gasteiger partial charge in [-0.15, -0.1) is 0 Å². The summed E-state index contributed by atoms with van der Waals surface area (Å²) in [7, 11) is 3.56. The number of nitrogens with zero attached hydrogens (tertiary/aromatic N) is 1. The lowest BCUT2D eigenvalue weighted by atomic mass is 10.0. The smallest absolute Gasteiger partial charge is 0.376 e. The highest BCUT2D eigenvalue weighted by atomic mass is 31.1. The summed E-state index contributed by atoms with van der Waals surface area (Å²) >= 11 is 0. The topological polar surface area (TPSA) is 40.1 Å². The molecule has 0 saturated carbocycles. The maximum absolute atomic E-state index is 11.9. The van der Waals surface area contributed by atoms with Crippen molar-refractivity contribution in [2.75, 3.05) is 21.1 Å². The zero-order chi connectivity index (χ0) is 22.0.